The molecule has 1 aromatic carbocycles. The lowest BCUT2D eigenvalue weighted by Gasteiger charge is -2.08. The summed E-state index contributed by atoms with van der Waals surface area (Å²) < 4.78 is 5.07. The molecular formula is C10H7Cl3N2O. The van der Waals surface area contributed by atoms with E-state index in [1.807, 2.05) is 0 Å². The first-order valence-electron chi connectivity index (χ1n) is 4.42. The second-order valence-corrected chi connectivity index (χ2v) is 4.29. The number of benzene rings is 1. The van der Waals surface area contributed by atoms with Gasteiger partial charge in [0.1, 0.15) is 5.76 Å². The van der Waals surface area contributed by atoms with Crippen LogP contribution in [0.15, 0.2) is 29.1 Å². The van der Waals surface area contributed by atoms with Crippen LogP contribution in [0.1, 0.15) is 5.76 Å². The van der Waals surface area contributed by atoms with Gasteiger partial charge < -0.3 is 9.73 Å². The van der Waals surface area contributed by atoms with Gasteiger partial charge in [0.2, 0.25) is 0 Å². The highest BCUT2D eigenvalue weighted by Gasteiger charge is 2.06. The quantitative estimate of drug-likeness (QED) is 0.852. The Hall–Kier alpha value is -0.900. The molecule has 0 saturated heterocycles. The van der Waals surface area contributed by atoms with Crippen LogP contribution >= 0.6 is 34.8 Å². The molecule has 1 heterocycles. The third-order valence-corrected chi connectivity index (χ3v) is 2.98. The fourth-order valence-electron chi connectivity index (χ4n) is 1.17. The molecule has 3 nitrogen and oxygen atoms in total. The first-order chi connectivity index (χ1) is 7.66. The Morgan fingerprint density at radius 2 is 1.88 bits per heavy atom. The monoisotopic (exact) mass is 276 g/mol. The van der Waals surface area contributed by atoms with Gasteiger partial charge in [-0.3, -0.25) is 0 Å². The predicted octanol–water partition coefficient (Wildman–Crippen LogP) is 4.25. The summed E-state index contributed by atoms with van der Waals surface area (Å²) >= 11 is 17.7. The van der Waals surface area contributed by atoms with Crippen LogP contribution in [-0.4, -0.2) is 4.98 Å². The highest BCUT2D eigenvalue weighted by atomic mass is 35.5. The van der Waals surface area contributed by atoms with Gasteiger partial charge in [0, 0.05) is 0 Å². The van der Waals surface area contributed by atoms with Crippen LogP contribution in [0.3, 0.4) is 0 Å². The molecule has 0 aliphatic carbocycles. The Balaban J connectivity index is 2.12. The maximum atomic E-state index is 5.99. The van der Waals surface area contributed by atoms with Gasteiger partial charge in [-0.2, -0.15) is 0 Å². The van der Waals surface area contributed by atoms with Crippen molar-refractivity contribution in [3.8, 4) is 0 Å². The molecule has 0 fully saturated rings. The molecule has 2 rings (SSSR count). The standard InChI is InChI=1S/C10H7Cl3N2O/c11-7-1-9(13)10(2-8(7)12)15-4-6-3-14-5-16-6/h1-3,5,15H,4H2. The molecular weight excluding hydrogens is 270 g/mol. The summed E-state index contributed by atoms with van der Waals surface area (Å²) in [5.41, 5.74) is 0.701. The second-order valence-electron chi connectivity index (χ2n) is 3.07. The van der Waals surface area contributed by atoms with E-state index in [4.69, 9.17) is 39.2 Å². The number of hydrogen-bond acceptors (Lipinski definition) is 3. The van der Waals surface area contributed by atoms with Crippen molar-refractivity contribution in [3.05, 3.63) is 45.6 Å². The van der Waals surface area contributed by atoms with Gasteiger partial charge >= 0.3 is 0 Å². The minimum Gasteiger partial charge on any atom is -0.447 e. The maximum absolute atomic E-state index is 5.99. The van der Waals surface area contributed by atoms with E-state index >= 15 is 0 Å². The zero-order valence-electron chi connectivity index (χ0n) is 8.01. The van der Waals surface area contributed by atoms with Crippen molar-refractivity contribution in [2.45, 2.75) is 6.54 Å². The van der Waals surface area contributed by atoms with Gasteiger partial charge in [-0.05, 0) is 12.1 Å². The van der Waals surface area contributed by atoms with Crippen molar-refractivity contribution >= 4 is 40.5 Å². The number of anilines is 1. The molecule has 0 saturated carbocycles. The molecule has 6 heteroatoms. The van der Waals surface area contributed by atoms with Gasteiger partial charge in [-0.25, -0.2) is 4.98 Å². The zero-order chi connectivity index (χ0) is 11.5. The topological polar surface area (TPSA) is 38.1 Å². The van der Waals surface area contributed by atoms with Crippen LogP contribution in [0, 0.1) is 0 Å². The van der Waals surface area contributed by atoms with Crippen molar-refractivity contribution < 1.29 is 4.42 Å². The lowest BCUT2D eigenvalue weighted by molar-refractivity contribution is 0.512. The Morgan fingerprint density at radius 1 is 1.12 bits per heavy atom. The first kappa shape index (κ1) is 11.6. The number of aromatic nitrogens is 1. The van der Waals surface area contributed by atoms with Crippen LogP contribution < -0.4 is 5.32 Å². The number of halogens is 3. The lowest BCUT2D eigenvalue weighted by Crippen LogP contribution is -1.98. The molecule has 1 N–H and O–H groups in total. The molecule has 0 amide bonds. The molecule has 0 bridgehead atoms. The number of hydrogen-bond donors (Lipinski definition) is 1. The van der Waals surface area contributed by atoms with E-state index in [0.717, 1.165) is 0 Å². The van der Waals surface area contributed by atoms with Gasteiger partial charge in [-0.1, -0.05) is 34.8 Å². The van der Waals surface area contributed by atoms with E-state index in [2.05, 4.69) is 10.3 Å². The van der Waals surface area contributed by atoms with Gasteiger partial charge in [0.05, 0.1) is 33.5 Å². The molecule has 0 radical (unpaired) electrons. The van der Waals surface area contributed by atoms with Crippen LogP contribution in [0.4, 0.5) is 5.69 Å². The second kappa shape index (κ2) is 4.95. The molecule has 1 aromatic heterocycles. The van der Waals surface area contributed by atoms with Crippen LogP contribution in [-0.2, 0) is 6.54 Å². The largest absolute Gasteiger partial charge is 0.447 e. The summed E-state index contributed by atoms with van der Waals surface area (Å²) in [5, 5.41) is 4.46. The Bertz CT molecular complexity index is 485. The smallest absolute Gasteiger partial charge is 0.180 e. The molecule has 84 valence electrons. The molecule has 2 aromatic rings. The third kappa shape index (κ3) is 2.61. The lowest BCUT2D eigenvalue weighted by atomic mass is 10.3. The van der Waals surface area contributed by atoms with Crippen LogP contribution in [0.2, 0.25) is 15.1 Å². The Labute approximate surface area is 107 Å². The molecule has 0 aliphatic rings. The van der Waals surface area contributed by atoms with Crippen molar-refractivity contribution in [3.63, 3.8) is 0 Å². The zero-order valence-corrected chi connectivity index (χ0v) is 10.3. The highest BCUT2D eigenvalue weighted by Crippen LogP contribution is 2.32. The van der Waals surface area contributed by atoms with Crippen molar-refractivity contribution in [1.29, 1.82) is 0 Å². The number of oxazole rings is 1. The Kier molecular flexibility index (Phi) is 3.59. The summed E-state index contributed by atoms with van der Waals surface area (Å²) in [5.74, 6) is 0.710. The van der Waals surface area contributed by atoms with Gasteiger partial charge in [-0.15, -0.1) is 0 Å². The summed E-state index contributed by atoms with van der Waals surface area (Å²) in [7, 11) is 0. The van der Waals surface area contributed by atoms with E-state index in [1.54, 1.807) is 18.3 Å². The molecule has 0 spiro atoms. The minimum absolute atomic E-state index is 0.428. The van der Waals surface area contributed by atoms with Crippen molar-refractivity contribution in [1.82, 2.24) is 4.98 Å². The van der Waals surface area contributed by atoms with Crippen LogP contribution in [0.25, 0.3) is 0 Å². The molecule has 0 unspecified atom stereocenters. The SMILES string of the molecule is Clc1cc(Cl)c(NCc2cnco2)cc1Cl. The normalized spacial score (nSPS) is 10.4. The van der Waals surface area contributed by atoms with Crippen LogP contribution in [0.5, 0.6) is 0 Å². The van der Waals surface area contributed by atoms with E-state index in [-0.39, 0.29) is 0 Å². The van der Waals surface area contributed by atoms with E-state index in [0.29, 0.717) is 33.1 Å². The highest BCUT2D eigenvalue weighted by molar-refractivity contribution is 6.44. The maximum Gasteiger partial charge on any atom is 0.180 e. The summed E-state index contributed by atoms with van der Waals surface area (Å²) in [4.78, 5) is 3.80. The summed E-state index contributed by atoms with van der Waals surface area (Å²) in [6.45, 7) is 0.484. The van der Waals surface area contributed by atoms with Crippen molar-refractivity contribution in [2.24, 2.45) is 0 Å². The van der Waals surface area contributed by atoms with E-state index in [1.165, 1.54) is 6.39 Å². The number of rotatable bonds is 3. The fraction of sp³-hybridized carbons (Fsp3) is 0.100. The third-order valence-electron chi connectivity index (χ3n) is 1.95. The molecule has 0 atom stereocenters. The minimum atomic E-state index is 0.428. The number of nitrogens with zero attached hydrogens (tertiary/aromatic N) is 1. The van der Waals surface area contributed by atoms with Gasteiger partial charge in [0.25, 0.3) is 0 Å². The molecule has 0 aliphatic heterocycles. The predicted molar refractivity (Wildman–Crippen MR) is 65.3 cm³/mol. The fourth-order valence-corrected chi connectivity index (χ4v) is 1.78. The van der Waals surface area contributed by atoms with Gasteiger partial charge in [0.15, 0.2) is 6.39 Å². The summed E-state index contributed by atoms with van der Waals surface area (Å²) in [6.07, 6.45) is 2.99. The first-order valence-corrected chi connectivity index (χ1v) is 5.56. The summed E-state index contributed by atoms with van der Waals surface area (Å²) in [6, 6.07) is 3.26. The average molecular weight is 278 g/mol. The van der Waals surface area contributed by atoms with Crippen molar-refractivity contribution in [2.75, 3.05) is 5.32 Å². The van der Waals surface area contributed by atoms with E-state index in [9.17, 15) is 0 Å². The average Bonchev–Trinajstić information content (AvgIpc) is 2.74. The Morgan fingerprint density at radius 3 is 2.56 bits per heavy atom. The molecule has 16 heavy (non-hydrogen) atoms. The van der Waals surface area contributed by atoms with E-state index < -0.39 is 0 Å². The number of nitrogens with one attached hydrogen (secondary N) is 1.